The van der Waals surface area contributed by atoms with E-state index in [9.17, 15) is 27.9 Å². The van der Waals surface area contributed by atoms with Gasteiger partial charge in [-0.1, -0.05) is 31.9 Å². The zero-order chi connectivity index (χ0) is 23.7. The predicted molar refractivity (Wildman–Crippen MR) is 111 cm³/mol. The van der Waals surface area contributed by atoms with Crippen molar-refractivity contribution in [3.05, 3.63) is 47.2 Å². The largest absolute Gasteiger partial charge is 0.462 e. The standard InChI is InChI=1S/C21H27F3N4O4/c1-3-5-6-16(29)13-28-18(17(12-26-28)19(30)32-4-2)27-20(31)25-11-14-7-9-15(10-8-14)21(22,23)24/h7-10,12,16,29H,3-6,11,13H2,1-2H3,(H2,25,27,31). The molecule has 32 heavy (non-hydrogen) atoms. The quantitative estimate of drug-likeness (QED) is 0.470. The van der Waals surface area contributed by atoms with Gasteiger partial charge in [0.2, 0.25) is 0 Å². The van der Waals surface area contributed by atoms with E-state index >= 15 is 0 Å². The summed E-state index contributed by atoms with van der Waals surface area (Å²) in [6, 6.07) is 3.70. The Morgan fingerprint density at radius 3 is 2.50 bits per heavy atom. The monoisotopic (exact) mass is 456 g/mol. The van der Waals surface area contributed by atoms with Crippen molar-refractivity contribution in [1.82, 2.24) is 15.1 Å². The van der Waals surface area contributed by atoms with E-state index in [4.69, 9.17) is 4.74 Å². The Balaban J connectivity index is 2.08. The van der Waals surface area contributed by atoms with Crippen LogP contribution in [0.15, 0.2) is 30.5 Å². The molecular formula is C21H27F3N4O4. The van der Waals surface area contributed by atoms with E-state index in [1.807, 2.05) is 6.92 Å². The highest BCUT2D eigenvalue weighted by molar-refractivity contribution is 5.99. The number of aliphatic hydroxyl groups is 1. The molecular weight excluding hydrogens is 429 g/mol. The predicted octanol–water partition coefficient (Wildman–Crippen LogP) is 3.95. The number of esters is 1. The lowest BCUT2D eigenvalue weighted by Crippen LogP contribution is -2.31. The molecule has 0 saturated carbocycles. The van der Waals surface area contributed by atoms with E-state index in [0.29, 0.717) is 12.0 Å². The van der Waals surface area contributed by atoms with E-state index in [1.165, 1.54) is 23.0 Å². The summed E-state index contributed by atoms with van der Waals surface area (Å²) in [5.41, 5.74) is -0.295. The Morgan fingerprint density at radius 1 is 1.22 bits per heavy atom. The SMILES string of the molecule is CCCCC(O)Cn1ncc(C(=O)OCC)c1NC(=O)NCc1ccc(C(F)(F)F)cc1. The summed E-state index contributed by atoms with van der Waals surface area (Å²) in [4.78, 5) is 24.6. The summed E-state index contributed by atoms with van der Waals surface area (Å²) in [7, 11) is 0. The lowest BCUT2D eigenvalue weighted by molar-refractivity contribution is -0.137. The number of carbonyl (C=O) groups excluding carboxylic acids is 2. The van der Waals surface area contributed by atoms with Gasteiger partial charge in [-0.3, -0.25) is 5.32 Å². The molecule has 0 fully saturated rings. The van der Waals surface area contributed by atoms with Crippen LogP contribution in [0, 0.1) is 0 Å². The molecule has 1 heterocycles. The maximum Gasteiger partial charge on any atom is 0.416 e. The number of benzene rings is 1. The number of hydrogen-bond acceptors (Lipinski definition) is 5. The molecule has 0 bridgehead atoms. The van der Waals surface area contributed by atoms with Crippen molar-refractivity contribution >= 4 is 17.8 Å². The van der Waals surface area contributed by atoms with Gasteiger partial charge in [0, 0.05) is 6.54 Å². The highest BCUT2D eigenvalue weighted by atomic mass is 19.4. The Bertz CT molecular complexity index is 897. The van der Waals surface area contributed by atoms with Crippen LogP contribution in [0.5, 0.6) is 0 Å². The minimum atomic E-state index is -4.44. The molecule has 2 aromatic rings. The molecule has 2 amide bonds. The summed E-state index contributed by atoms with van der Waals surface area (Å²) in [5.74, 6) is -0.622. The van der Waals surface area contributed by atoms with E-state index in [0.717, 1.165) is 25.0 Å². The number of hydrogen-bond donors (Lipinski definition) is 3. The molecule has 3 N–H and O–H groups in total. The summed E-state index contributed by atoms with van der Waals surface area (Å²) in [6.45, 7) is 3.79. The number of rotatable bonds is 10. The fraction of sp³-hybridized carbons (Fsp3) is 0.476. The van der Waals surface area contributed by atoms with Crippen molar-refractivity contribution in [2.75, 3.05) is 11.9 Å². The van der Waals surface area contributed by atoms with E-state index < -0.39 is 29.8 Å². The number of anilines is 1. The number of urea groups is 1. The molecule has 1 aromatic heterocycles. The normalized spacial score (nSPS) is 12.3. The molecule has 1 atom stereocenters. The number of amides is 2. The minimum absolute atomic E-state index is 0.0271. The van der Waals surface area contributed by atoms with Crippen molar-refractivity contribution in [1.29, 1.82) is 0 Å². The maximum absolute atomic E-state index is 12.7. The Morgan fingerprint density at radius 2 is 1.91 bits per heavy atom. The van der Waals surface area contributed by atoms with Crippen LogP contribution in [0.4, 0.5) is 23.8 Å². The molecule has 11 heteroatoms. The van der Waals surface area contributed by atoms with Gasteiger partial charge in [-0.2, -0.15) is 18.3 Å². The van der Waals surface area contributed by atoms with Crippen molar-refractivity contribution in [2.45, 2.75) is 58.5 Å². The average molecular weight is 456 g/mol. The van der Waals surface area contributed by atoms with Gasteiger partial charge < -0.3 is 15.2 Å². The second kappa shape index (κ2) is 11.5. The van der Waals surface area contributed by atoms with Crippen LogP contribution >= 0.6 is 0 Å². The van der Waals surface area contributed by atoms with Gasteiger partial charge in [-0.05, 0) is 31.0 Å². The van der Waals surface area contributed by atoms with Crippen molar-refractivity contribution in [3.63, 3.8) is 0 Å². The number of nitrogens with one attached hydrogen (secondary N) is 2. The first-order valence-corrected chi connectivity index (χ1v) is 10.3. The van der Waals surface area contributed by atoms with Crippen LogP contribution in [-0.4, -0.2) is 39.6 Å². The number of halogens is 3. The van der Waals surface area contributed by atoms with Crippen molar-refractivity contribution in [2.24, 2.45) is 0 Å². The zero-order valence-electron chi connectivity index (χ0n) is 17.9. The lowest BCUT2D eigenvalue weighted by Gasteiger charge is -2.15. The van der Waals surface area contributed by atoms with Gasteiger partial charge in [0.1, 0.15) is 11.4 Å². The van der Waals surface area contributed by atoms with Crippen LogP contribution in [0.1, 0.15) is 54.6 Å². The fourth-order valence-corrected chi connectivity index (χ4v) is 2.89. The van der Waals surface area contributed by atoms with Gasteiger partial charge in [-0.25, -0.2) is 14.3 Å². The van der Waals surface area contributed by atoms with Gasteiger partial charge >= 0.3 is 18.2 Å². The highest BCUT2D eigenvalue weighted by Crippen LogP contribution is 2.29. The first kappa shape index (κ1) is 25.2. The third-order valence-corrected chi connectivity index (χ3v) is 4.58. The second-order valence-electron chi connectivity index (χ2n) is 7.11. The molecule has 176 valence electrons. The van der Waals surface area contributed by atoms with Gasteiger partial charge in [-0.15, -0.1) is 0 Å². The summed E-state index contributed by atoms with van der Waals surface area (Å²) in [6.07, 6.45) is -1.67. The van der Waals surface area contributed by atoms with Gasteiger partial charge in [0.05, 0.1) is 31.0 Å². The molecule has 1 aromatic carbocycles. The van der Waals surface area contributed by atoms with Crippen LogP contribution in [0.25, 0.3) is 0 Å². The summed E-state index contributed by atoms with van der Waals surface area (Å²) < 4.78 is 44.3. The molecule has 8 nitrogen and oxygen atoms in total. The smallest absolute Gasteiger partial charge is 0.416 e. The lowest BCUT2D eigenvalue weighted by atomic mass is 10.1. The number of alkyl halides is 3. The van der Waals surface area contributed by atoms with E-state index in [-0.39, 0.29) is 31.1 Å². The average Bonchev–Trinajstić information content (AvgIpc) is 3.12. The van der Waals surface area contributed by atoms with E-state index in [2.05, 4.69) is 15.7 Å². The van der Waals surface area contributed by atoms with Crippen LogP contribution < -0.4 is 10.6 Å². The van der Waals surface area contributed by atoms with Gasteiger partial charge in [0.15, 0.2) is 0 Å². The summed E-state index contributed by atoms with van der Waals surface area (Å²) >= 11 is 0. The maximum atomic E-state index is 12.7. The third kappa shape index (κ3) is 7.26. The zero-order valence-corrected chi connectivity index (χ0v) is 17.9. The highest BCUT2D eigenvalue weighted by Gasteiger charge is 2.30. The van der Waals surface area contributed by atoms with Crippen molar-refractivity contribution < 1.29 is 32.6 Å². The van der Waals surface area contributed by atoms with Crippen LogP contribution in [0.3, 0.4) is 0 Å². The van der Waals surface area contributed by atoms with Crippen LogP contribution in [-0.2, 0) is 24.0 Å². The van der Waals surface area contributed by atoms with Gasteiger partial charge in [0.25, 0.3) is 0 Å². The molecule has 0 aliphatic rings. The molecule has 0 spiro atoms. The topological polar surface area (TPSA) is 105 Å². The molecule has 0 saturated heterocycles. The fourth-order valence-electron chi connectivity index (χ4n) is 2.89. The Kier molecular flexibility index (Phi) is 9.06. The molecule has 0 aliphatic heterocycles. The first-order chi connectivity index (χ1) is 15.2. The first-order valence-electron chi connectivity index (χ1n) is 10.3. The molecule has 1 unspecified atom stereocenters. The van der Waals surface area contributed by atoms with Crippen molar-refractivity contribution in [3.8, 4) is 0 Å². The molecule has 0 aliphatic carbocycles. The Hall–Kier alpha value is -3.08. The van der Waals surface area contributed by atoms with Crippen LogP contribution in [0.2, 0.25) is 0 Å². The number of nitrogens with zero attached hydrogens (tertiary/aromatic N) is 2. The molecule has 0 radical (unpaired) electrons. The summed E-state index contributed by atoms with van der Waals surface area (Å²) in [5, 5.41) is 19.3. The molecule has 2 rings (SSSR count). The van der Waals surface area contributed by atoms with E-state index in [1.54, 1.807) is 6.92 Å². The number of aliphatic hydroxyl groups excluding tert-OH is 1. The number of unbranched alkanes of at least 4 members (excludes halogenated alkanes) is 1. The second-order valence-corrected chi connectivity index (χ2v) is 7.11. The number of aromatic nitrogens is 2. The number of ether oxygens (including phenoxy) is 1. The number of carbonyl (C=O) groups is 2. The Labute approximate surface area is 183 Å². The third-order valence-electron chi connectivity index (χ3n) is 4.58. The minimum Gasteiger partial charge on any atom is -0.462 e.